The van der Waals surface area contributed by atoms with E-state index in [0.29, 0.717) is 5.92 Å². The third-order valence-corrected chi connectivity index (χ3v) is 3.86. The molecule has 0 saturated heterocycles. The highest BCUT2D eigenvalue weighted by molar-refractivity contribution is 5.29. The van der Waals surface area contributed by atoms with Crippen LogP contribution in [-0.2, 0) is 6.54 Å². The Morgan fingerprint density at radius 1 is 1.38 bits per heavy atom. The predicted octanol–water partition coefficient (Wildman–Crippen LogP) is 2.54. The van der Waals surface area contributed by atoms with E-state index in [-0.39, 0.29) is 6.04 Å². The molecule has 0 aliphatic carbocycles. The van der Waals surface area contributed by atoms with Gasteiger partial charge in [0.15, 0.2) is 5.75 Å². The second kappa shape index (κ2) is 9.05. The van der Waals surface area contributed by atoms with Crippen molar-refractivity contribution in [1.82, 2.24) is 20.0 Å². The number of nitrogens with zero attached hydrogens (tertiary/aromatic N) is 3. The second-order valence-corrected chi connectivity index (χ2v) is 5.93. The average molecular weight is 296 g/mol. The summed E-state index contributed by atoms with van der Waals surface area (Å²) in [7, 11) is 5.90. The monoisotopic (exact) mass is 296 g/mol. The van der Waals surface area contributed by atoms with Crippen molar-refractivity contribution in [1.29, 1.82) is 0 Å². The maximum Gasteiger partial charge on any atom is 0.161 e. The molecule has 1 heterocycles. The Labute approximate surface area is 129 Å². The van der Waals surface area contributed by atoms with E-state index in [1.54, 1.807) is 7.11 Å². The first kappa shape index (κ1) is 18.0. The van der Waals surface area contributed by atoms with Crippen molar-refractivity contribution in [2.45, 2.75) is 46.2 Å². The smallest absolute Gasteiger partial charge is 0.161 e. The highest BCUT2D eigenvalue weighted by Gasteiger charge is 2.25. The minimum Gasteiger partial charge on any atom is -0.493 e. The van der Waals surface area contributed by atoms with Gasteiger partial charge in [-0.15, -0.1) is 0 Å². The Bertz CT molecular complexity index is 403. The largest absolute Gasteiger partial charge is 0.493 e. The molecule has 0 amide bonds. The lowest BCUT2D eigenvalue weighted by atomic mass is 9.93. The van der Waals surface area contributed by atoms with E-state index in [1.165, 1.54) is 18.5 Å². The zero-order valence-corrected chi connectivity index (χ0v) is 14.5. The molecule has 1 aromatic rings. The van der Waals surface area contributed by atoms with Crippen LogP contribution in [0, 0.1) is 5.92 Å². The topological polar surface area (TPSA) is 42.3 Å². The molecule has 0 saturated carbocycles. The maximum absolute atomic E-state index is 5.55. The summed E-state index contributed by atoms with van der Waals surface area (Å²) >= 11 is 0. The maximum atomic E-state index is 5.55. The van der Waals surface area contributed by atoms with E-state index < -0.39 is 0 Å². The predicted molar refractivity (Wildman–Crippen MR) is 87.8 cm³/mol. The van der Waals surface area contributed by atoms with E-state index in [1.807, 2.05) is 6.20 Å². The summed E-state index contributed by atoms with van der Waals surface area (Å²) in [6, 6.07) is 0.287. The van der Waals surface area contributed by atoms with Crippen LogP contribution in [0.2, 0.25) is 0 Å². The van der Waals surface area contributed by atoms with E-state index >= 15 is 0 Å². The number of nitrogens with one attached hydrogen (secondary N) is 1. The van der Waals surface area contributed by atoms with Gasteiger partial charge < -0.3 is 15.0 Å². The zero-order valence-electron chi connectivity index (χ0n) is 14.5. The molecule has 1 N–H and O–H groups in total. The van der Waals surface area contributed by atoms with Crippen molar-refractivity contribution in [2.75, 3.05) is 34.3 Å². The van der Waals surface area contributed by atoms with Crippen molar-refractivity contribution >= 4 is 0 Å². The molecule has 1 rings (SSSR count). The molecule has 5 nitrogen and oxygen atoms in total. The van der Waals surface area contributed by atoms with E-state index in [2.05, 4.69) is 54.9 Å². The highest BCUT2D eigenvalue weighted by atomic mass is 16.5. The van der Waals surface area contributed by atoms with E-state index in [4.69, 9.17) is 4.74 Å². The van der Waals surface area contributed by atoms with Gasteiger partial charge in [0.05, 0.1) is 31.6 Å². The van der Waals surface area contributed by atoms with Crippen LogP contribution in [0.4, 0.5) is 0 Å². The molecular formula is C16H32N4O. The van der Waals surface area contributed by atoms with Crippen LogP contribution in [0.25, 0.3) is 0 Å². The molecule has 0 aliphatic rings. The molecule has 0 aromatic carbocycles. The van der Waals surface area contributed by atoms with Gasteiger partial charge in [-0.25, -0.2) is 0 Å². The Hall–Kier alpha value is -1.07. The third kappa shape index (κ3) is 5.00. The third-order valence-electron chi connectivity index (χ3n) is 3.86. The lowest BCUT2D eigenvalue weighted by molar-refractivity contribution is 0.315. The fourth-order valence-electron chi connectivity index (χ4n) is 2.73. The number of likely N-dealkylation sites (N-methyl/N-ethyl adjacent to an activating group) is 1. The molecule has 0 radical (unpaired) electrons. The van der Waals surface area contributed by atoms with E-state index in [0.717, 1.165) is 25.4 Å². The SMILES string of the molecule is CCCC(C)C(NCC)c1c(OC)cnn1CCN(C)C. The van der Waals surface area contributed by atoms with Crippen molar-refractivity contribution in [3.8, 4) is 5.75 Å². The Kier molecular flexibility index (Phi) is 7.75. The van der Waals surface area contributed by atoms with Crippen molar-refractivity contribution in [2.24, 2.45) is 5.92 Å². The van der Waals surface area contributed by atoms with Gasteiger partial charge in [-0.05, 0) is 33.0 Å². The summed E-state index contributed by atoms with van der Waals surface area (Å²) in [4.78, 5) is 2.18. The molecule has 2 unspecified atom stereocenters. The summed E-state index contributed by atoms with van der Waals surface area (Å²) in [6.07, 6.45) is 4.23. The molecule has 5 heteroatoms. The second-order valence-electron chi connectivity index (χ2n) is 5.93. The van der Waals surface area contributed by atoms with Gasteiger partial charge >= 0.3 is 0 Å². The molecule has 122 valence electrons. The normalized spacial score (nSPS) is 14.4. The number of hydrogen-bond acceptors (Lipinski definition) is 4. The van der Waals surface area contributed by atoms with Gasteiger partial charge in [0.25, 0.3) is 0 Å². The molecule has 0 spiro atoms. The molecule has 21 heavy (non-hydrogen) atoms. The lowest BCUT2D eigenvalue weighted by Gasteiger charge is -2.26. The fourth-order valence-corrected chi connectivity index (χ4v) is 2.73. The molecule has 1 aromatic heterocycles. The molecule has 0 fully saturated rings. The molecular weight excluding hydrogens is 264 g/mol. The van der Waals surface area contributed by atoms with Crippen LogP contribution in [0.5, 0.6) is 5.75 Å². The summed E-state index contributed by atoms with van der Waals surface area (Å²) in [5.74, 6) is 1.45. The van der Waals surface area contributed by atoms with Crippen molar-refractivity contribution in [3.05, 3.63) is 11.9 Å². The number of aromatic nitrogens is 2. The van der Waals surface area contributed by atoms with Crippen LogP contribution >= 0.6 is 0 Å². The summed E-state index contributed by atoms with van der Waals surface area (Å²) < 4.78 is 7.65. The Balaban J connectivity index is 3.05. The molecule has 0 aliphatic heterocycles. The minimum atomic E-state index is 0.287. The Morgan fingerprint density at radius 3 is 2.62 bits per heavy atom. The summed E-state index contributed by atoms with van der Waals surface area (Å²) in [5, 5.41) is 8.15. The zero-order chi connectivity index (χ0) is 15.8. The van der Waals surface area contributed by atoms with Crippen molar-refractivity contribution < 1.29 is 4.74 Å². The number of ether oxygens (including phenoxy) is 1. The van der Waals surface area contributed by atoms with Crippen LogP contribution in [-0.4, -0.2) is 49.0 Å². The van der Waals surface area contributed by atoms with Gasteiger partial charge in [0, 0.05) is 6.54 Å². The first-order valence-electron chi connectivity index (χ1n) is 8.02. The van der Waals surface area contributed by atoms with Crippen LogP contribution in [0.15, 0.2) is 6.20 Å². The van der Waals surface area contributed by atoms with Crippen molar-refractivity contribution in [3.63, 3.8) is 0 Å². The lowest BCUT2D eigenvalue weighted by Crippen LogP contribution is -2.30. The number of rotatable bonds is 10. The minimum absolute atomic E-state index is 0.287. The highest BCUT2D eigenvalue weighted by Crippen LogP contribution is 2.32. The van der Waals surface area contributed by atoms with Gasteiger partial charge in [-0.3, -0.25) is 4.68 Å². The van der Waals surface area contributed by atoms with Gasteiger partial charge in [0.1, 0.15) is 0 Å². The molecule has 0 bridgehead atoms. The first-order chi connectivity index (χ1) is 10.0. The fraction of sp³-hybridized carbons (Fsp3) is 0.812. The summed E-state index contributed by atoms with van der Waals surface area (Å²) in [5.41, 5.74) is 1.18. The molecule has 2 atom stereocenters. The standard InChI is InChI=1S/C16H32N4O/c1-7-9-13(3)15(17-8-2)16-14(21-6)12-18-20(16)11-10-19(4)5/h12-13,15,17H,7-11H2,1-6H3. The van der Waals surface area contributed by atoms with Crippen LogP contribution in [0.3, 0.4) is 0 Å². The quantitative estimate of drug-likeness (QED) is 0.720. The Morgan fingerprint density at radius 2 is 2.10 bits per heavy atom. The average Bonchev–Trinajstić information content (AvgIpc) is 2.85. The number of hydrogen-bond donors (Lipinski definition) is 1. The van der Waals surface area contributed by atoms with E-state index in [9.17, 15) is 0 Å². The summed E-state index contributed by atoms with van der Waals surface area (Å²) in [6.45, 7) is 9.49. The van der Waals surface area contributed by atoms with Crippen LogP contribution < -0.4 is 10.1 Å². The van der Waals surface area contributed by atoms with Gasteiger partial charge in [-0.1, -0.05) is 27.2 Å². The number of methoxy groups -OCH3 is 1. The van der Waals surface area contributed by atoms with Gasteiger partial charge in [0.2, 0.25) is 0 Å². The first-order valence-corrected chi connectivity index (χ1v) is 8.02. The van der Waals surface area contributed by atoms with Crippen LogP contribution in [0.1, 0.15) is 45.3 Å². The van der Waals surface area contributed by atoms with Gasteiger partial charge in [-0.2, -0.15) is 5.10 Å².